The van der Waals surface area contributed by atoms with E-state index >= 15 is 0 Å². The van der Waals surface area contributed by atoms with Gasteiger partial charge in [-0.25, -0.2) is 4.39 Å². The van der Waals surface area contributed by atoms with Crippen LogP contribution in [0.25, 0.3) is 5.70 Å². The van der Waals surface area contributed by atoms with Gasteiger partial charge in [0, 0.05) is 23.5 Å². The Kier molecular flexibility index (Phi) is 3.64. The van der Waals surface area contributed by atoms with E-state index < -0.39 is 6.10 Å². The first-order valence-corrected chi connectivity index (χ1v) is 9.50. The number of ether oxygens (including phenoxy) is 1. The van der Waals surface area contributed by atoms with Crippen LogP contribution < -0.4 is 10.1 Å². The Morgan fingerprint density at radius 3 is 2.67 bits per heavy atom. The molecule has 0 fully saturated rings. The second kappa shape index (κ2) is 6.48. The minimum Gasteiger partial charge on any atom is -0.480 e. The highest BCUT2D eigenvalue weighted by Crippen LogP contribution is 2.50. The number of pyridine rings is 1. The van der Waals surface area contributed by atoms with Crippen LogP contribution >= 0.6 is 0 Å². The molecule has 4 aromatic rings. The van der Waals surface area contributed by atoms with Crippen molar-refractivity contribution < 1.29 is 9.13 Å². The number of rotatable bonds is 2. The summed E-state index contributed by atoms with van der Waals surface area (Å²) in [6, 6.07) is 17.7. The number of hydrogen-bond donors (Lipinski definition) is 1. The van der Waals surface area contributed by atoms with E-state index in [0.29, 0.717) is 5.95 Å². The lowest BCUT2D eigenvalue weighted by atomic mass is 9.85. The molecule has 1 N–H and O–H groups in total. The van der Waals surface area contributed by atoms with Gasteiger partial charge in [-0.1, -0.05) is 35.4 Å². The quantitative estimate of drug-likeness (QED) is 0.554. The molecule has 2 atom stereocenters. The number of nitrogens with one attached hydrogen (secondary N) is 1. The van der Waals surface area contributed by atoms with E-state index in [1.54, 1.807) is 29.2 Å². The highest BCUT2D eigenvalue weighted by Gasteiger charge is 2.41. The SMILES string of the molecule is Fc1ccc(C2Oc3ccccc3C3=C2C(c2cccnc2)n2nnnc2N3)cc1. The summed E-state index contributed by atoms with van der Waals surface area (Å²) in [5.74, 6) is 0.985. The first kappa shape index (κ1) is 16.8. The lowest BCUT2D eigenvalue weighted by Crippen LogP contribution is -2.32. The second-order valence-corrected chi connectivity index (χ2v) is 7.14. The smallest absolute Gasteiger partial charge is 0.248 e. The van der Waals surface area contributed by atoms with Crippen LogP contribution in [0.5, 0.6) is 5.75 Å². The van der Waals surface area contributed by atoms with Crippen molar-refractivity contribution in [3.05, 3.63) is 101 Å². The van der Waals surface area contributed by atoms with Gasteiger partial charge in [0.05, 0.1) is 5.70 Å². The van der Waals surface area contributed by atoms with Gasteiger partial charge >= 0.3 is 0 Å². The molecule has 0 amide bonds. The van der Waals surface area contributed by atoms with Gasteiger partial charge in [-0.2, -0.15) is 4.68 Å². The summed E-state index contributed by atoms with van der Waals surface area (Å²) in [7, 11) is 0. The van der Waals surface area contributed by atoms with Gasteiger partial charge < -0.3 is 10.1 Å². The van der Waals surface area contributed by atoms with E-state index in [0.717, 1.165) is 33.7 Å². The number of aromatic nitrogens is 5. The summed E-state index contributed by atoms with van der Waals surface area (Å²) in [5, 5.41) is 15.6. The Balaban J connectivity index is 1.63. The standard InChI is InChI=1S/C22H15FN6O/c23-15-9-7-13(8-10-15)21-18-19(16-5-1-2-6-17(16)30-21)25-22-26-27-28-29(22)20(18)14-4-3-11-24-12-14/h1-12,20-21H,(H,25,26,28). The third kappa shape index (κ3) is 2.50. The molecule has 146 valence electrons. The first-order chi connectivity index (χ1) is 14.8. The minimum absolute atomic E-state index is 0.294. The van der Waals surface area contributed by atoms with Crippen molar-refractivity contribution in [2.24, 2.45) is 0 Å². The largest absolute Gasteiger partial charge is 0.480 e. The predicted octanol–water partition coefficient (Wildman–Crippen LogP) is 3.77. The average molecular weight is 398 g/mol. The number of nitrogens with zero attached hydrogens (tertiary/aromatic N) is 5. The second-order valence-electron chi connectivity index (χ2n) is 7.14. The number of fused-ring (bicyclic) bond motifs is 3. The normalized spacial score (nSPS) is 19.2. The zero-order valence-corrected chi connectivity index (χ0v) is 15.6. The van der Waals surface area contributed by atoms with Crippen LogP contribution in [-0.2, 0) is 0 Å². The Bertz CT molecular complexity index is 1270. The number of hydrogen-bond acceptors (Lipinski definition) is 6. The molecule has 0 aliphatic carbocycles. The molecule has 30 heavy (non-hydrogen) atoms. The lowest BCUT2D eigenvalue weighted by Gasteiger charge is -2.38. The van der Waals surface area contributed by atoms with E-state index in [9.17, 15) is 4.39 Å². The Morgan fingerprint density at radius 2 is 1.83 bits per heavy atom. The van der Waals surface area contributed by atoms with Gasteiger partial charge in [0.25, 0.3) is 0 Å². The number of tetrazole rings is 1. The van der Waals surface area contributed by atoms with E-state index in [2.05, 4.69) is 25.8 Å². The first-order valence-electron chi connectivity index (χ1n) is 9.50. The maximum absolute atomic E-state index is 13.6. The molecule has 4 heterocycles. The summed E-state index contributed by atoms with van der Waals surface area (Å²) in [6.45, 7) is 0. The van der Waals surface area contributed by atoms with E-state index in [4.69, 9.17) is 4.74 Å². The Hall–Kier alpha value is -4.07. The molecule has 2 aromatic heterocycles. The molecule has 7 nitrogen and oxygen atoms in total. The monoisotopic (exact) mass is 398 g/mol. The van der Waals surface area contributed by atoms with Crippen molar-refractivity contribution >= 4 is 11.6 Å². The fraction of sp³-hybridized carbons (Fsp3) is 0.0909. The summed E-state index contributed by atoms with van der Waals surface area (Å²) in [5.41, 5.74) is 4.52. The molecule has 0 spiro atoms. The van der Waals surface area contributed by atoms with E-state index in [-0.39, 0.29) is 11.9 Å². The highest BCUT2D eigenvalue weighted by molar-refractivity contribution is 5.85. The van der Waals surface area contributed by atoms with Crippen molar-refractivity contribution in [1.29, 1.82) is 0 Å². The van der Waals surface area contributed by atoms with Crippen molar-refractivity contribution in [2.45, 2.75) is 12.1 Å². The summed E-state index contributed by atoms with van der Waals surface area (Å²) < 4.78 is 21.8. The number of halogens is 1. The van der Waals surface area contributed by atoms with Crippen LogP contribution in [0.15, 0.2) is 78.6 Å². The highest BCUT2D eigenvalue weighted by atomic mass is 19.1. The lowest BCUT2D eigenvalue weighted by molar-refractivity contribution is 0.222. The van der Waals surface area contributed by atoms with E-state index in [1.807, 2.05) is 36.4 Å². The molecule has 0 saturated heterocycles. The van der Waals surface area contributed by atoms with Crippen LogP contribution in [0.2, 0.25) is 0 Å². The molecule has 2 aliphatic rings. The van der Waals surface area contributed by atoms with Crippen LogP contribution in [0, 0.1) is 5.82 Å². The van der Waals surface area contributed by atoms with Crippen molar-refractivity contribution in [3.8, 4) is 5.75 Å². The van der Waals surface area contributed by atoms with Crippen LogP contribution in [0.4, 0.5) is 10.3 Å². The van der Waals surface area contributed by atoms with Gasteiger partial charge in [-0.05, 0) is 51.9 Å². The van der Waals surface area contributed by atoms with E-state index in [1.165, 1.54) is 12.1 Å². The topological polar surface area (TPSA) is 77.8 Å². The Labute approximate surface area is 170 Å². The van der Waals surface area contributed by atoms with Crippen molar-refractivity contribution in [2.75, 3.05) is 5.32 Å². The molecule has 0 bridgehead atoms. The average Bonchev–Trinajstić information content (AvgIpc) is 3.26. The molecular formula is C22H15FN6O. The molecule has 2 aromatic carbocycles. The third-order valence-electron chi connectivity index (χ3n) is 5.41. The number of anilines is 1. The van der Waals surface area contributed by atoms with Crippen LogP contribution in [0.3, 0.4) is 0 Å². The molecule has 8 heteroatoms. The van der Waals surface area contributed by atoms with Gasteiger partial charge in [-0.3, -0.25) is 4.98 Å². The summed E-state index contributed by atoms with van der Waals surface area (Å²) in [4.78, 5) is 4.29. The van der Waals surface area contributed by atoms with Crippen molar-refractivity contribution in [3.63, 3.8) is 0 Å². The van der Waals surface area contributed by atoms with Gasteiger partial charge in [0.15, 0.2) is 0 Å². The maximum Gasteiger partial charge on any atom is 0.248 e. The molecule has 0 saturated carbocycles. The Morgan fingerprint density at radius 1 is 0.967 bits per heavy atom. The molecule has 2 unspecified atom stereocenters. The maximum atomic E-state index is 13.6. The summed E-state index contributed by atoms with van der Waals surface area (Å²) >= 11 is 0. The van der Waals surface area contributed by atoms with Gasteiger partial charge in [-0.15, -0.1) is 0 Å². The molecular weight excluding hydrogens is 383 g/mol. The molecule has 0 radical (unpaired) electrons. The van der Waals surface area contributed by atoms with Crippen LogP contribution in [0.1, 0.15) is 28.8 Å². The zero-order valence-electron chi connectivity index (χ0n) is 15.6. The summed E-state index contributed by atoms with van der Waals surface area (Å²) in [6.07, 6.45) is 3.07. The zero-order chi connectivity index (χ0) is 20.1. The third-order valence-corrected chi connectivity index (χ3v) is 5.41. The van der Waals surface area contributed by atoms with Crippen molar-refractivity contribution in [1.82, 2.24) is 25.2 Å². The number of para-hydroxylation sites is 1. The fourth-order valence-corrected chi connectivity index (χ4v) is 4.11. The number of benzene rings is 2. The van der Waals surface area contributed by atoms with Gasteiger partial charge in [0.2, 0.25) is 5.95 Å². The van der Waals surface area contributed by atoms with Gasteiger partial charge in [0.1, 0.15) is 23.7 Å². The predicted molar refractivity (Wildman–Crippen MR) is 107 cm³/mol. The molecule has 2 aliphatic heterocycles. The van der Waals surface area contributed by atoms with Crippen LogP contribution in [-0.4, -0.2) is 25.2 Å². The fourth-order valence-electron chi connectivity index (χ4n) is 4.11. The molecule has 6 rings (SSSR count). The minimum atomic E-state index is -0.453.